The molecule has 1 unspecified atom stereocenters. The highest BCUT2D eigenvalue weighted by Crippen LogP contribution is 2.24. The van der Waals surface area contributed by atoms with Gasteiger partial charge in [0, 0.05) is 18.9 Å². The Morgan fingerprint density at radius 2 is 2.33 bits per heavy atom. The van der Waals surface area contributed by atoms with E-state index in [9.17, 15) is 0 Å². The predicted molar refractivity (Wildman–Crippen MR) is 62.6 cm³/mol. The summed E-state index contributed by atoms with van der Waals surface area (Å²) < 4.78 is 5.17. The predicted octanol–water partition coefficient (Wildman–Crippen LogP) is 2.92. The summed E-state index contributed by atoms with van der Waals surface area (Å²) >= 11 is 7.62. The highest BCUT2D eigenvalue weighted by molar-refractivity contribution is 7.16. The van der Waals surface area contributed by atoms with Gasteiger partial charge in [-0.2, -0.15) is 0 Å². The van der Waals surface area contributed by atoms with Crippen molar-refractivity contribution in [1.82, 2.24) is 9.97 Å². The minimum atomic E-state index is 0.110. The Kier molecular flexibility index (Phi) is 3.19. The number of aromatic nitrogens is 2. The molecule has 0 saturated heterocycles. The van der Waals surface area contributed by atoms with E-state index in [1.54, 1.807) is 18.4 Å². The maximum Gasteiger partial charge on any atom is 0.141 e. The van der Waals surface area contributed by atoms with Gasteiger partial charge in [-0.3, -0.25) is 0 Å². The first-order valence-corrected chi connectivity index (χ1v) is 5.89. The van der Waals surface area contributed by atoms with E-state index in [1.807, 2.05) is 18.4 Å². The van der Waals surface area contributed by atoms with Gasteiger partial charge in [0.15, 0.2) is 0 Å². The van der Waals surface area contributed by atoms with Crippen molar-refractivity contribution in [3.05, 3.63) is 22.4 Å². The molecule has 0 aliphatic heterocycles. The van der Waals surface area contributed by atoms with Crippen LogP contribution in [0.4, 0.5) is 0 Å². The number of rotatable bonds is 3. The van der Waals surface area contributed by atoms with Gasteiger partial charge >= 0.3 is 0 Å². The van der Waals surface area contributed by atoms with Crippen LogP contribution in [-0.2, 0) is 11.2 Å². The van der Waals surface area contributed by atoms with Crippen molar-refractivity contribution in [2.24, 2.45) is 0 Å². The molecule has 2 heterocycles. The second kappa shape index (κ2) is 4.43. The highest BCUT2D eigenvalue weighted by Gasteiger charge is 2.09. The fraction of sp³-hybridized carbons (Fsp3) is 0.400. The van der Waals surface area contributed by atoms with Crippen LogP contribution >= 0.6 is 22.9 Å². The van der Waals surface area contributed by atoms with E-state index in [-0.39, 0.29) is 6.10 Å². The second-order valence-corrected chi connectivity index (χ2v) is 4.57. The Labute approximate surface area is 97.1 Å². The topological polar surface area (TPSA) is 35.0 Å². The lowest BCUT2D eigenvalue weighted by atomic mass is 10.2. The fourth-order valence-corrected chi connectivity index (χ4v) is 2.38. The third-order valence-electron chi connectivity index (χ3n) is 2.20. The number of hydrogen-bond acceptors (Lipinski definition) is 4. The Hall–Kier alpha value is -0.710. The SMILES string of the molecule is COC(C)Cc1nc(Cl)c2ccsc2n1. The molecule has 15 heavy (non-hydrogen) atoms. The van der Waals surface area contributed by atoms with Crippen molar-refractivity contribution in [2.75, 3.05) is 7.11 Å². The molecule has 0 saturated carbocycles. The third-order valence-corrected chi connectivity index (χ3v) is 3.29. The molecule has 0 bridgehead atoms. The van der Waals surface area contributed by atoms with E-state index in [1.165, 1.54) is 0 Å². The molecule has 0 aliphatic rings. The van der Waals surface area contributed by atoms with E-state index in [0.29, 0.717) is 11.6 Å². The monoisotopic (exact) mass is 242 g/mol. The summed E-state index contributed by atoms with van der Waals surface area (Å²) in [4.78, 5) is 9.61. The lowest BCUT2D eigenvalue weighted by Crippen LogP contribution is -2.11. The normalized spacial score (nSPS) is 13.3. The molecule has 0 aliphatic carbocycles. The van der Waals surface area contributed by atoms with E-state index in [4.69, 9.17) is 16.3 Å². The van der Waals surface area contributed by atoms with Crippen LogP contribution in [0.25, 0.3) is 10.2 Å². The number of fused-ring (bicyclic) bond motifs is 1. The summed E-state index contributed by atoms with van der Waals surface area (Å²) in [6.45, 7) is 1.98. The largest absolute Gasteiger partial charge is 0.381 e. The summed E-state index contributed by atoms with van der Waals surface area (Å²) in [5.74, 6) is 0.740. The first-order valence-electron chi connectivity index (χ1n) is 4.63. The summed E-state index contributed by atoms with van der Waals surface area (Å²) in [5.41, 5.74) is 0. The smallest absolute Gasteiger partial charge is 0.141 e. The average Bonchev–Trinajstić information content (AvgIpc) is 2.66. The average molecular weight is 243 g/mol. The van der Waals surface area contributed by atoms with Crippen LogP contribution in [-0.4, -0.2) is 23.2 Å². The Morgan fingerprint density at radius 3 is 3.07 bits per heavy atom. The maximum absolute atomic E-state index is 6.04. The highest BCUT2D eigenvalue weighted by atomic mass is 35.5. The number of methoxy groups -OCH3 is 1. The zero-order valence-corrected chi connectivity index (χ0v) is 10.1. The molecule has 0 radical (unpaired) electrons. The summed E-state index contributed by atoms with van der Waals surface area (Å²) in [6, 6.07) is 1.94. The number of ether oxygens (including phenoxy) is 1. The molecule has 0 aromatic carbocycles. The molecule has 2 rings (SSSR count). The summed E-state index contributed by atoms with van der Waals surface area (Å²) in [7, 11) is 1.68. The van der Waals surface area contributed by atoms with Crippen LogP contribution in [0.15, 0.2) is 11.4 Å². The first-order chi connectivity index (χ1) is 7.20. The molecular weight excluding hydrogens is 232 g/mol. The number of hydrogen-bond donors (Lipinski definition) is 0. The quantitative estimate of drug-likeness (QED) is 0.777. The molecule has 0 fully saturated rings. The Bertz CT molecular complexity index is 471. The van der Waals surface area contributed by atoms with Crippen LogP contribution in [0.2, 0.25) is 5.15 Å². The Morgan fingerprint density at radius 1 is 1.53 bits per heavy atom. The molecule has 2 aromatic heterocycles. The molecule has 5 heteroatoms. The number of halogens is 1. The van der Waals surface area contributed by atoms with E-state index >= 15 is 0 Å². The van der Waals surface area contributed by atoms with Gasteiger partial charge in [-0.1, -0.05) is 11.6 Å². The van der Waals surface area contributed by atoms with Crippen molar-refractivity contribution in [3.8, 4) is 0 Å². The lowest BCUT2D eigenvalue weighted by Gasteiger charge is -2.07. The van der Waals surface area contributed by atoms with Gasteiger partial charge in [0.05, 0.1) is 6.10 Å². The molecule has 0 N–H and O–H groups in total. The minimum Gasteiger partial charge on any atom is -0.381 e. The minimum absolute atomic E-state index is 0.110. The van der Waals surface area contributed by atoms with E-state index in [2.05, 4.69) is 9.97 Å². The van der Waals surface area contributed by atoms with Gasteiger partial charge in [-0.05, 0) is 18.4 Å². The molecular formula is C10H11ClN2OS. The van der Waals surface area contributed by atoms with Crippen LogP contribution in [0.5, 0.6) is 0 Å². The van der Waals surface area contributed by atoms with Crippen LogP contribution in [0, 0.1) is 0 Å². The molecule has 1 atom stereocenters. The molecule has 2 aromatic rings. The summed E-state index contributed by atoms with van der Waals surface area (Å²) in [6.07, 6.45) is 0.794. The van der Waals surface area contributed by atoms with Crippen molar-refractivity contribution >= 4 is 33.2 Å². The lowest BCUT2D eigenvalue weighted by molar-refractivity contribution is 0.117. The fourth-order valence-electron chi connectivity index (χ4n) is 1.29. The molecule has 0 spiro atoms. The van der Waals surface area contributed by atoms with Gasteiger partial charge in [0.25, 0.3) is 0 Å². The van der Waals surface area contributed by atoms with Gasteiger partial charge in [-0.15, -0.1) is 11.3 Å². The maximum atomic E-state index is 6.04. The van der Waals surface area contributed by atoms with Gasteiger partial charge in [0.2, 0.25) is 0 Å². The van der Waals surface area contributed by atoms with E-state index < -0.39 is 0 Å². The van der Waals surface area contributed by atoms with Gasteiger partial charge < -0.3 is 4.74 Å². The standard InChI is InChI=1S/C10H11ClN2OS/c1-6(14-2)5-8-12-9(11)7-3-4-15-10(7)13-8/h3-4,6H,5H2,1-2H3. The van der Waals surface area contributed by atoms with Crippen molar-refractivity contribution in [2.45, 2.75) is 19.4 Å². The number of nitrogens with zero attached hydrogens (tertiary/aromatic N) is 2. The first kappa shape index (κ1) is 10.8. The molecule has 80 valence electrons. The molecule has 3 nitrogen and oxygen atoms in total. The zero-order valence-electron chi connectivity index (χ0n) is 8.53. The van der Waals surface area contributed by atoms with Gasteiger partial charge in [-0.25, -0.2) is 9.97 Å². The second-order valence-electron chi connectivity index (χ2n) is 3.32. The van der Waals surface area contributed by atoms with Gasteiger partial charge in [0.1, 0.15) is 15.8 Å². The molecule has 0 amide bonds. The Balaban J connectivity index is 2.36. The number of thiophene rings is 1. The summed E-state index contributed by atoms with van der Waals surface area (Å²) in [5, 5.41) is 3.42. The zero-order chi connectivity index (χ0) is 10.8. The van der Waals surface area contributed by atoms with E-state index in [0.717, 1.165) is 16.0 Å². The van der Waals surface area contributed by atoms with Crippen LogP contribution < -0.4 is 0 Å². The van der Waals surface area contributed by atoms with Crippen molar-refractivity contribution in [3.63, 3.8) is 0 Å². The van der Waals surface area contributed by atoms with Crippen molar-refractivity contribution in [1.29, 1.82) is 0 Å². The van der Waals surface area contributed by atoms with Crippen LogP contribution in [0.3, 0.4) is 0 Å². The van der Waals surface area contributed by atoms with Crippen molar-refractivity contribution < 1.29 is 4.74 Å². The van der Waals surface area contributed by atoms with Crippen LogP contribution in [0.1, 0.15) is 12.7 Å². The third kappa shape index (κ3) is 2.27.